The lowest BCUT2D eigenvalue weighted by Gasteiger charge is -2.37. The lowest BCUT2D eigenvalue weighted by atomic mass is 9.90. The zero-order chi connectivity index (χ0) is 11.6. The average molecular weight is 240 g/mol. The molecule has 1 saturated heterocycles. The third kappa shape index (κ3) is 2.00. The minimum atomic E-state index is -0.686. The second kappa shape index (κ2) is 4.80. The first-order valence-electron chi connectivity index (χ1n) is 6.04. The van der Waals surface area contributed by atoms with Crippen LogP contribution in [0.2, 0.25) is 0 Å². The summed E-state index contributed by atoms with van der Waals surface area (Å²) in [6.45, 7) is 5.14. The van der Waals surface area contributed by atoms with Crippen LogP contribution in [-0.2, 0) is 12.1 Å². The summed E-state index contributed by atoms with van der Waals surface area (Å²) in [7, 11) is 0. The molecule has 0 amide bonds. The smallest absolute Gasteiger partial charge is 0.118 e. The van der Waals surface area contributed by atoms with Crippen molar-refractivity contribution in [3.8, 4) is 0 Å². The Hall–Kier alpha value is -0.480. The number of aryl methyl sites for hydroxylation is 1. The van der Waals surface area contributed by atoms with E-state index in [0.29, 0.717) is 0 Å². The van der Waals surface area contributed by atoms with Gasteiger partial charge in [0, 0.05) is 18.0 Å². The Kier molecular flexibility index (Phi) is 3.60. The summed E-state index contributed by atoms with van der Waals surface area (Å²) in [5.74, 6) is 1.16. The van der Waals surface area contributed by atoms with E-state index in [1.165, 1.54) is 0 Å². The normalized spacial score (nSPS) is 30.6. The molecule has 3 nitrogen and oxygen atoms in total. The van der Waals surface area contributed by atoms with Gasteiger partial charge in [0.25, 0.3) is 0 Å². The largest absolute Gasteiger partial charge is 0.382 e. The highest BCUT2D eigenvalue weighted by molar-refractivity contribution is 8.00. The van der Waals surface area contributed by atoms with Crippen molar-refractivity contribution in [1.29, 1.82) is 0 Å². The first-order chi connectivity index (χ1) is 7.68. The van der Waals surface area contributed by atoms with E-state index in [1.807, 2.05) is 22.5 Å². The van der Waals surface area contributed by atoms with Gasteiger partial charge in [0.1, 0.15) is 5.60 Å². The lowest BCUT2D eigenvalue weighted by molar-refractivity contribution is 0.0164. The zero-order valence-corrected chi connectivity index (χ0v) is 10.8. The van der Waals surface area contributed by atoms with Crippen LogP contribution in [0, 0.1) is 0 Å². The summed E-state index contributed by atoms with van der Waals surface area (Å²) < 4.78 is 1.96. The van der Waals surface area contributed by atoms with Gasteiger partial charge < -0.3 is 5.11 Å². The number of hydrogen-bond donors (Lipinski definition) is 1. The fourth-order valence-electron chi connectivity index (χ4n) is 2.37. The fourth-order valence-corrected chi connectivity index (χ4v) is 3.55. The maximum Gasteiger partial charge on any atom is 0.118 e. The molecule has 2 atom stereocenters. The standard InChI is InChI=1S/C12H20N2OS/c1-3-8-14-11(5-7-13-14)12(15)6-4-9-16-10(12)2/h5,7,10,15H,3-4,6,8-9H2,1-2H3. The second-order valence-electron chi connectivity index (χ2n) is 4.48. The van der Waals surface area contributed by atoms with Crippen molar-refractivity contribution in [3.63, 3.8) is 0 Å². The van der Waals surface area contributed by atoms with Gasteiger partial charge in [-0.3, -0.25) is 4.68 Å². The van der Waals surface area contributed by atoms with Crippen LogP contribution in [0.5, 0.6) is 0 Å². The van der Waals surface area contributed by atoms with E-state index in [4.69, 9.17) is 0 Å². The van der Waals surface area contributed by atoms with E-state index in [-0.39, 0.29) is 5.25 Å². The van der Waals surface area contributed by atoms with E-state index >= 15 is 0 Å². The van der Waals surface area contributed by atoms with E-state index in [0.717, 1.165) is 37.3 Å². The van der Waals surface area contributed by atoms with Crippen LogP contribution in [0.1, 0.15) is 38.8 Å². The predicted octanol–water partition coefficient (Wildman–Crippen LogP) is 2.40. The van der Waals surface area contributed by atoms with E-state index in [9.17, 15) is 5.11 Å². The summed E-state index contributed by atoms with van der Waals surface area (Å²) in [5, 5.41) is 15.4. The van der Waals surface area contributed by atoms with Crippen LogP contribution in [-0.4, -0.2) is 25.9 Å². The topological polar surface area (TPSA) is 38.0 Å². The fraction of sp³-hybridized carbons (Fsp3) is 0.750. The molecule has 4 heteroatoms. The van der Waals surface area contributed by atoms with E-state index in [2.05, 4.69) is 18.9 Å². The van der Waals surface area contributed by atoms with E-state index in [1.54, 1.807) is 6.20 Å². The molecule has 1 aromatic heterocycles. The summed E-state index contributed by atoms with van der Waals surface area (Å²) in [5.41, 5.74) is 0.309. The molecule has 0 bridgehead atoms. The molecule has 2 unspecified atom stereocenters. The molecule has 1 aliphatic rings. The van der Waals surface area contributed by atoms with Gasteiger partial charge in [-0.15, -0.1) is 0 Å². The Balaban J connectivity index is 2.29. The highest BCUT2D eigenvalue weighted by Crippen LogP contribution is 2.41. The second-order valence-corrected chi connectivity index (χ2v) is 5.93. The van der Waals surface area contributed by atoms with Crippen LogP contribution < -0.4 is 0 Å². The quantitative estimate of drug-likeness (QED) is 0.881. The minimum Gasteiger partial charge on any atom is -0.382 e. The molecule has 2 heterocycles. The van der Waals surface area contributed by atoms with Crippen molar-refractivity contribution >= 4 is 11.8 Å². The molecule has 1 fully saturated rings. The van der Waals surface area contributed by atoms with E-state index < -0.39 is 5.60 Å². The Morgan fingerprint density at radius 1 is 1.69 bits per heavy atom. The van der Waals surface area contributed by atoms with Gasteiger partial charge in [-0.2, -0.15) is 16.9 Å². The molecule has 0 aliphatic carbocycles. The number of aromatic nitrogens is 2. The van der Waals surface area contributed by atoms with Crippen molar-refractivity contribution in [1.82, 2.24) is 9.78 Å². The molecule has 90 valence electrons. The van der Waals surface area contributed by atoms with Crippen LogP contribution in [0.3, 0.4) is 0 Å². The van der Waals surface area contributed by atoms with Crippen LogP contribution in [0.25, 0.3) is 0 Å². The summed E-state index contributed by atoms with van der Waals surface area (Å²) in [6, 6.07) is 1.97. The van der Waals surface area contributed by atoms with Gasteiger partial charge in [-0.1, -0.05) is 13.8 Å². The molecule has 0 spiro atoms. The van der Waals surface area contributed by atoms with Gasteiger partial charge in [-0.05, 0) is 31.1 Å². The molecule has 0 saturated carbocycles. The number of aliphatic hydroxyl groups is 1. The first-order valence-corrected chi connectivity index (χ1v) is 7.09. The molecular weight excluding hydrogens is 220 g/mol. The highest BCUT2D eigenvalue weighted by atomic mass is 32.2. The van der Waals surface area contributed by atoms with Crippen molar-refractivity contribution in [3.05, 3.63) is 18.0 Å². The molecule has 0 radical (unpaired) electrons. The highest BCUT2D eigenvalue weighted by Gasteiger charge is 2.40. The number of nitrogens with zero attached hydrogens (tertiary/aromatic N) is 2. The average Bonchev–Trinajstić information content (AvgIpc) is 2.72. The monoisotopic (exact) mass is 240 g/mol. The minimum absolute atomic E-state index is 0.258. The zero-order valence-electron chi connectivity index (χ0n) is 10.0. The summed E-state index contributed by atoms with van der Waals surface area (Å²) >= 11 is 1.86. The Morgan fingerprint density at radius 3 is 3.19 bits per heavy atom. The lowest BCUT2D eigenvalue weighted by Crippen LogP contribution is -2.40. The van der Waals surface area contributed by atoms with Crippen LogP contribution in [0.4, 0.5) is 0 Å². The van der Waals surface area contributed by atoms with Crippen LogP contribution in [0.15, 0.2) is 12.3 Å². The molecular formula is C12H20N2OS. The third-order valence-electron chi connectivity index (χ3n) is 3.34. The maximum absolute atomic E-state index is 10.8. The summed E-state index contributed by atoms with van der Waals surface area (Å²) in [4.78, 5) is 0. The molecule has 0 aromatic carbocycles. The SMILES string of the molecule is CCCn1nccc1C1(O)CCCSC1C. The van der Waals surface area contributed by atoms with Crippen molar-refractivity contribution in [2.45, 2.75) is 50.5 Å². The molecule has 2 rings (SSSR count). The number of hydrogen-bond acceptors (Lipinski definition) is 3. The van der Waals surface area contributed by atoms with Gasteiger partial charge in [-0.25, -0.2) is 0 Å². The van der Waals surface area contributed by atoms with Gasteiger partial charge in [0.05, 0.1) is 5.69 Å². The predicted molar refractivity (Wildman–Crippen MR) is 67.6 cm³/mol. The Labute approximate surface area is 101 Å². The van der Waals surface area contributed by atoms with Gasteiger partial charge in [0.2, 0.25) is 0 Å². The third-order valence-corrected chi connectivity index (χ3v) is 4.75. The van der Waals surface area contributed by atoms with Crippen molar-refractivity contribution in [2.24, 2.45) is 0 Å². The molecule has 16 heavy (non-hydrogen) atoms. The maximum atomic E-state index is 10.8. The summed E-state index contributed by atoms with van der Waals surface area (Å²) in [6.07, 6.45) is 4.79. The Morgan fingerprint density at radius 2 is 2.50 bits per heavy atom. The van der Waals surface area contributed by atoms with Gasteiger partial charge >= 0.3 is 0 Å². The number of thioether (sulfide) groups is 1. The molecule has 1 aliphatic heterocycles. The first kappa shape index (κ1) is 12.0. The van der Waals surface area contributed by atoms with Gasteiger partial charge in [0.15, 0.2) is 0 Å². The van der Waals surface area contributed by atoms with Crippen LogP contribution >= 0.6 is 11.8 Å². The molecule has 1 aromatic rings. The molecule has 1 N–H and O–H groups in total. The number of rotatable bonds is 3. The Bertz CT molecular complexity index is 353. The van der Waals surface area contributed by atoms with Crippen molar-refractivity contribution < 1.29 is 5.11 Å². The van der Waals surface area contributed by atoms with Crippen molar-refractivity contribution in [2.75, 3.05) is 5.75 Å².